The third kappa shape index (κ3) is 3.87. The van der Waals surface area contributed by atoms with Crippen molar-refractivity contribution in [1.29, 1.82) is 0 Å². The van der Waals surface area contributed by atoms with Crippen molar-refractivity contribution in [1.82, 2.24) is 4.90 Å². The second-order valence-electron chi connectivity index (χ2n) is 4.52. The minimum absolute atomic E-state index is 0.112. The molecule has 1 amide bonds. The van der Waals surface area contributed by atoms with E-state index < -0.39 is 12.0 Å². The van der Waals surface area contributed by atoms with Crippen molar-refractivity contribution < 1.29 is 14.7 Å². The van der Waals surface area contributed by atoms with E-state index in [0.717, 1.165) is 5.56 Å². The molecule has 1 rings (SSSR count). The smallest absolute Gasteiger partial charge is 0.326 e. The number of carboxylic acids is 1. The summed E-state index contributed by atoms with van der Waals surface area (Å²) in [4.78, 5) is 23.5. The molecule has 0 aromatic heterocycles. The zero-order valence-electron chi connectivity index (χ0n) is 10.7. The fraction of sp³-hybridized carbons (Fsp3) is 0.429. The van der Waals surface area contributed by atoms with Crippen LogP contribution in [0.1, 0.15) is 25.8 Å². The molecule has 98 valence electrons. The second kappa shape index (κ2) is 6.79. The van der Waals surface area contributed by atoms with E-state index in [1.54, 1.807) is 0 Å². The lowest BCUT2D eigenvalue weighted by molar-refractivity contribution is -0.147. The number of benzene rings is 1. The molecule has 18 heavy (non-hydrogen) atoms. The number of nitrogens with zero attached hydrogens (tertiary/aromatic N) is 1. The average Bonchev–Trinajstić information content (AvgIpc) is 2.34. The van der Waals surface area contributed by atoms with Crippen molar-refractivity contribution in [3.8, 4) is 0 Å². The van der Waals surface area contributed by atoms with Gasteiger partial charge in [-0.3, -0.25) is 4.79 Å². The summed E-state index contributed by atoms with van der Waals surface area (Å²) in [5.41, 5.74) is 1.08. The molecule has 0 aliphatic heterocycles. The number of carboxylic acid groups (broad SMARTS) is 1. The van der Waals surface area contributed by atoms with Crippen LogP contribution in [0.25, 0.3) is 0 Å². The lowest BCUT2D eigenvalue weighted by Gasteiger charge is -2.28. The lowest BCUT2D eigenvalue weighted by atomic mass is 10.0. The number of aliphatic carboxylic acids is 1. The molecule has 0 saturated carbocycles. The topological polar surface area (TPSA) is 57.6 Å². The van der Waals surface area contributed by atoms with Crippen LogP contribution in [-0.4, -0.2) is 34.5 Å². The van der Waals surface area contributed by atoms with Gasteiger partial charge in [0.15, 0.2) is 0 Å². The highest BCUT2D eigenvalue weighted by Crippen LogP contribution is 2.12. The number of hydrogen-bond acceptors (Lipinski definition) is 2. The number of aryl methyl sites for hydroxylation is 1. The Kier molecular flexibility index (Phi) is 5.36. The van der Waals surface area contributed by atoms with E-state index in [1.165, 1.54) is 4.90 Å². The highest BCUT2D eigenvalue weighted by Gasteiger charge is 2.25. The van der Waals surface area contributed by atoms with Gasteiger partial charge in [0.25, 0.3) is 0 Å². The number of rotatable bonds is 7. The molecule has 0 aliphatic carbocycles. The number of carbonyl (C=O) groups excluding carboxylic acids is 1. The van der Waals surface area contributed by atoms with Crippen LogP contribution in [-0.2, 0) is 16.0 Å². The van der Waals surface area contributed by atoms with Gasteiger partial charge in [-0.2, -0.15) is 0 Å². The predicted octanol–water partition coefficient (Wildman–Crippen LogP) is 1.94. The van der Waals surface area contributed by atoms with Crippen LogP contribution >= 0.6 is 0 Å². The Morgan fingerprint density at radius 3 is 2.39 bits per heavy atom. The molecule has 1 aromatic carbocycles. The van der Waals surface area contributed by atoms with E-state index in [4.69, 9.17) is 0 Å². The summed E-state index contributed by atoms with van der Waals surface area (Å²) in [5.74, 6) is -0.952. The van der Waals surface area contributed by atoms with Crippen LogP contribution in [0.2, 0.25) is 0 Å². The van der Waals surface area contributed by atoms with Crippen LogP contribution in [0, 0.1) is 0 Å². The SMILES string of the molecule is CC(C)N(C=O)C(CCc1ccccc1)C(=O)O. The lowest BCUT2D eigenvalue weighted by Crippen LogP contribution is -2.44. The molecule has 1 atom stereocenters. The first-order valence-electron chi connectivity index (χ1n) is 6.05. The molecule has 4 heteroatoms. The zero-order valence-corrected chi connectivity index (χ0v) is 10.7. The van der Waals surface area contributed by atoms with E-state index in [1.807, 2.05) is 44.2 Å². The van der Waals surface area contributed by atoms with Gasteiger partial charge in [-0.15, -0.1) is 0 Å². The standard InChI is InChI=1S/C14H19NO3/c1-11(2)15(10-16)13(14(17)18)9-8-12-6-4-3-5-7-12/h3-7,10-11,13H,8-9H2,1-2H3,(H,17,18). The summed E-state index contributed by atoms with van der Waals surface area (Å²) in [6, 6.07) is 8.81. The Bertz CT molecular complexity index is 389. The van der Waals surface area contributed by atoms with Gasteiger partial charge >= 0.3 is 5.97 Å². The van der Waals surface area contributed by atoms with Gasteiger partial charge in [0.2, 0.25) is 6.41 Å². The van der Waals surface area contributed by atoms with Crippen molar-refractivity contribution in [2.24, 2.45) is 0 Å². The quantitative estimate of drug-likeness (QED) is 0.751. The third-order valence-electron chi connectivity index (χ3n) is 2.91. The van der Waals surface area contributed by atoms with E-state index in [2.05, 4.69) is 0 Å². The molecule has 4 nitrogen and oxygen atoms in total. The minimum Gasteiger partial charge on any atom is -0.480 e. The Labute approximate surface area is 107 Å². The third-order valence-corrected chi connectivity index (χ3v) is 2.91. The molecule has 1 N–H and O–H groups in total. The maximum Gasteiger partial charge on any atom is 0.326 e. The molecule has 0 heterocycles. The molecule has 0 fully saturated rings. The van der Waals surface area contributed by atoms with Crippen LogP contribution in [0.15, 0.2) is 30.3 Å². The van der Waals surface area contributed by atoms with Crippen LogP contribution in [0.4, 0.5) is 0 Å². The minimum atomic E-state index is -0.952. The fourth-order valence-electron chi connectivity index (χ4n) is 1.90. The molecule has 0 aliphatic rings. The molecule has 1 unspecified atom stereocenters. The molecule has 1 aromatic rings. The molecule has 0 saturated heterocycles. The molecule has 0 radical (unpaired) electrons. The van der Waals surface area contributed by atoms with E-state index in [0.29, 0.717) is 19.3 Å². The molecule has 0 bridgehead atoms. The van der Waals surface area contributed by atoms with Gasteiger partial charge in [-0.05, 0) is 32.3 Å². The van der Waals surface area contributed by atoms with Gasteiger partial charge in [0, 0.05) is 6.04 Å². The summed E-state index contributed by atoms with van der Waals surface area (Å²) in [5, 5.41) is 9.20. The summed E-state index contributed by atoms with van der Waals surface area (Å²) >= 11 is 0. The maximum atomic E-state index is 11.2. The van der Waals surface area contributed by atoms with Crippen LogP contribution < -0.4 is 0 Å². The summed E-state index contributed by atoms with van der Waals surface area (Å²) in [6.45, 7) is 3.62. The molecule has 0 spiro atoms. The number of amides is 1. The predicted molar refractivity (Wildman–Crippen MR) is 69.2 cm³/mol. The first-order valence-corrected chi connectivity index (χ1v) is 6.05. The Balaban J connectivity index is 2.69. The summed E-state index contributed by atoms with van der Waals surface area (Å²) < 4.78 is 0. The van der Waals surface area contributed by atoms with Crippen molar-refractivity contribution in [2.75, 3.05) is 0 Å². The van der Waals surface area contributed by atoms with E-state index in [-0.39, 0.29) is 6.04 Å². The van der Waals surface area contributed by atoms with Crippen LogP contribution in [0.5, 0.6) is 0 Å². The first-order chi connectivity index (χ1) is 8.56. The second-order valence-corrected chi connectivity index (χ2v) is 4.52. The van der Waals surface area contributed by atoms with E-state index in [9.17, 15) is 14.7 Å². The molecular weight excluding hydrogens is 230 g/mol. The van der Waals surface area contributed by atoms with Gasteiger partial charge in [-0.25, -0.2) is 4.79 Å². The Morgan fingerprint density at radius 2 is 1.94 bits per heavy atom. The molecular formula is C14H19NO3. The number of carbonyl (C=O) groups is 2. The van der Waals surface area contributed by atoms with Crippen molar-refractivity contribution >= 4 is 12.4 Å². The monoisotopic (exact) mass is 249 g/mol. The Morgan fingerprint density at radius 1 is 1.33 bits per heavy atom. The van der Waals surface area contributed by atoms with Gasteiger partial charge in [0.1, 0.15) is 6.04 Å². The zero-order chi connectivity index (χ0) is 13.5. The number of hydrogen-bond donors (Lipinski definition) is 1. The highest BCUT2D eigenvalue weighted by molar-refractivity contribution is 5.76. The van der Waals surface area contributed by atoms with Gasteiger partial charge < -0.3 is 10.0 Å². The largest absolute Gasteiger partial charge is 0.480 e. The van der Waals surface area contributed by atoms with Gasteiger partial charge in [0.05, 0.1) is 0 Å². The van der Waals surface area contributed by atoms with Crippen LogP contribution in [0.3, 0.4) is 0 Å². The normalized spacial score (nSPS) is 12.2. The van der Waals surface area contributed by atoms with Crippen molar-refractivity contribution in [3.63, 3.8) is 0 Å². The highest BCUT2D eigenvalue weighted by atomic mass is 16.4. The maximum absolute atomic E-state index is 11.2. The Hall–Kier alpha value is -1.84. The van der Waals surface area contributed by atoms with Gasteiger partial charge in [-0.1, -0.05) is 30.3 Å². The average molecular weight is 249 g/mol. The first kappa shape index (κ1) is 14.2. The van der Waals surface area contributed by atoms with E-state index >= 15 is 0 Å². The fourth-order valence-corrected chi connectivity index (χ4v) is 1.90. The van der Waals surface area contributed by atoms with Crippen molar-refractivity contribution in [3.05, 3.63) is 35.9 Å². The summed E-state index contributed by atoms with van der Waals surface area (Å²) in [7, 11) is 0. The summed E-state index contributed by atoms with van der Waals surface area (Å²) in [6.07, 6.45) is 1.69. The van der Waals surface area contributed by atoms with Crippen molar-refractivity contribution in [2.45, 2.75) is 38.8 Å².